The fourth-order valence-corrected chi connectivity index (χ4v) is 2.91. The Hall–Kier alpha value is -4.33. The molecule has 0 aromatic heterocycles. The summed E-state index contributed by atoms with van der Waals surface area (Å²) in [7, 11) is 0. The molecule has 0 unspecified atom stereocenters. The second-order valence-electron chi connectivity index (χ2n) is 7.12. The first-order valence-electron chi connectivity index (χ1n) is 10.8. The molecule has 8 nitrogen and oxygen atoms in total. The molecule has 0 saturated carbocycles. The van der Waals surface area contributed by atoms with Gasteiger partial charge >= 0.3 is 5.97 Å². The van der Waals surface area contributed by atoms with Crippen LogP contribution in [0.1, 0.15) is 46.5 Å². The van der Waals surface area contributed by atoms with Crippen molar-refractivity contribution in [1.29, 1.82) is 0 Å². The largest absolute Gasteiger partial charge is 0.507 e. The molecule has 0 aliphatic carbocycles. The third kappa shape index (κ3) is 6.59. The first kappa shape index (κ1) is 24.3. The van der Waals surface area contributed by atoms with Gasteiger partial charge in [0.1, 0.15) is 11.5 Å². The molecule has 176 valence electrons. The van der Waals surface area contributed by atoms with E-state index in [4.69, 9.17) is 14.2 Å². The summed E-state index contributed by atoms with van der Waals surface area (Å²) in [5.74, 6) is 0.0911. The van der Waals surface area contributed by atoms with Crippen molar-refractivity contribution in [3.05, 3.63) is 83.4 Å². The number of rotatable bonds is 10. The number of hydrogen-bond acceptors (Lipinski definition) is 7. The van der Waals surface area contributed by atoms with Crippen LogP contribution in [0, 0.1) is 0 Å². The molecule has 0 aliphatic rings. The molecule has 8 heteroatoms. The molecule has 0 heterocycles. The van der Waals surface area contributed by atoms with Gasteiger partial charge < -0.3 is 19.3 Å². The Bertz CT molecular complexity index is 1160. The van der Waals surface area contributed by atoms with Gasteiger partial charge in [-0.1, -0.05) is 19.1 Å². The molecule has 0 aliphatic heterocycles. The van der Waals surface area contributed by atoms with E-state index in [0.29, 0.717) is 35.8 Å². The molecule has 0 fully saturated rings. The number of benzene rings is 3. The van der Waals surface area contributed by atoms with E-state index in [1.165, 1.54) is 18.3 Å². The number of hydrazone groups is 1. The third-order valence-electron chi connectivity index (χ3n) is 4.56. The number of amides is 1. The van der Waals surface area contributed by atoms with E-state index in [1.807, 2.05) is 13.8 Å². The van der Waals surface area contributed by atoms with Crippen molar-refractivity contribution in [2.45, 2.75) is 20.3 Å². The van der Waals surface area contributed by atoms with Gasteiger partial charge in [-0.15, -0.1) is 0 Å². The lowest BCUT2D eigenvalue weighted by Gasteiger charge is -2.12. The molecule has 3 aromatic rings. The Morgan fingerprint density at radius 1 is 0.971 bits per heavy atom. The lowest BCUT2D eigenvalue weighted by molar-refractivity contribution is 0.0728. The summed E-state index contributed by atoms with van der Waals surface area (Å²) in [6, 6.07) is 17.8. The average molecular weight is 463 g/mol. The molecule has 1 amide bonds. The zero-order chi connectivity index (χ0) is 24.3. The third-order valence-corrected chi connectivity index (χ3v) is 4.56. The number of carbonyl (C=O) groups excluding carboxylic acids is 2. The standard InChI is InChI=1S/C26H26N2O6/c1-3-15-33-20-12-10-19(11-13-20)26(31)34-23-14-9-18(16-24(23)32-4-2)17-27-28-25(30)21-7-5-6-8-22(21)29/h5-14,16-17,29H,3-4,15H2,1-2H3,(H,28,30). The zero-order valence-corrected chi connectivity index (χ0v) is 19.0. The summed E-state index contributed by atoms with van der Waals surface area (Å²) in [6.07, 6.45) is 2.31. The number of phenols is 1. The Balaban J connectivity index is 1.67. The maximum Gasteiger partial charge on any atom is 0.343 e. The van der Waals surface area contributed by atoms with Crippen molar-refractivity contribution in [3.63, 3.8) is 0 Å². The summed E-state index contributed by atoms with van der Waals surface area (Å²) >= 11 is 0. The number of aromatic hydroxyl groups is 1. The van der Waals surface area contributed by atoms with Crippen molar-refractivity contribution >= 4 is 18.1 Å². The van der Waals surface area contributed by atoms with Gasteiger partial charge in [0.05, 0.1) is 30.6 Å². The SMILES string of the molecule is CCCOc1ccc(C(=O)Oc2ccc(C=NNC(=O)c3ccccc3O)cc2OCC)cc1. The molecule has 0 saturated heterocycles. The number of carbonyl (C=O) groups is 2. The van der Waals surface area contributed by atoms with Crippen LogP contribution in [-0.2, 0) is 0 Å². The van der Waals surface area contributed by atoms with Crippen molar-refractivity contribution < 1.29 is 28.9 Å². The molecule has 0 atom stereocenters. The summed E-state index contributed by atoms with van der Waals surface area (Å²) in [4.78, 5) is 24.7. The Labute approximate surface area is 197 Å². The Morgan fingerprint density at radius 2 is 1.74 bits per heavy atom. The maximum atomic E-state index is 12.6. The molecule has 3 aromatic carbocycles. The predicted octanol–water partition coefficient (Wildman–Crippen LogP) is 4.56. The molecule has 0 radical (unpaired) electrons. The number of phenolic OH excluding ortho intramolecular Hbond substituents is 1. The zero-order valence-electron chi connectivity index (χ0n) is 19.0. The highest BCUT2D eigenvalue weighted by molar-refractivity contribution is 5.97. The Kier molecular flexibility index (Phi) is 8.62. The predicted molar refractivity (Wildman–Crippen MR) is 128 cm³/mol. The van der Waals surface area contributed by atoms with E-state index in [1.54, 1.807) is 54.6 Å². The maximum absolute atomic E-state index is 12.6. The van der Waals surface area contributed by atoms with Gasteiger partial charge in [-0.25, -0.2) is 10.2 Å². The van der Waals surface area contributed by atoms with Crippen LogP contribution in [0.25, 0.3) is 0 Å². The van der Waals surface area contributed by atoms with Crippen LogP contribution in [-0.4, -0.2) is 36.4 Å². The van der Waals surface area contributed by atoms with Gasteiger partial charge in [-0.2, -0.15) is 5.10 Å². The number of para-hydroxylation sites is 1. The lowest BCUT2D eigenvalue weighted by Crippen LogP contribution is -2.17. The fraction of sp³-hybridized carbons (Fsp3) is 0.192. The summed E-state index contributed by atoms with van der Waals surface area (Å²) in [5, 5.41) is 13.7. The lowest BCUT2D eigenvalue weighted by atomic mass is 10.2. The van der Waals surface area contributed by atoms with Gasteiger partial charge in [-0.3, -0.25) is 4.79 Å². The van der Waals surface area contributed by atoms with Crippen LogP contribution in [0.5, 0.6) is 23.0 Å². The summed E-state index contributed by atoms with van der Waals surface area (Å²) in [5.41, 5.74) is 3.46. The van der Waals surface area contributed by atoms with Crippen molar-refractivity contribution in [2.75, 3.05) is 13.2 Å². The van der Waals surface area contributed by atoms with Crippen molar-refractivity contribution in [2.24, 2.45) is 5.10 Å². The number of hydrogen-bond donors (Lipinski definition) is 2. The van der Waals surface area contributed by atoms with Crippen LogP contribution in [0.3, 0.4) is 0 Å². The normalized spacial score (nSPS) is 10.6. The van der Waals surface area contributed by atoms with Gasteiger partial charge in [0.25, 0.3) is 5.91 Å². The number of nitrogens with zero attached hydrogens (tertiary/aromatic N) is 1. The second kappa shape index (κ2) is 12.1. The minimum Gasteiger partial charge on any atom is -0.507 e. The molecular formula is C26H26N2O6. The summed E-state index contributed by atoms with van der Waals surface area (Å²) < 4.78 is 16.7. The average Bonchev–Trinajstić information content (AvgIpc) is 2.85. The first-order valence-corrected chi connectivity index (χ1v) is 10.8. The highest BCUT2D eigenvalue weighted by Gasteiger charge is 2.14. The van der Waals surface area contributed by atoms with Crippen LogP contribution in [0.2, 0.25) is 0 Å². The number of ether oxygens (including phenoxy) is 3. The van der Waals surface area contributed by atoms with E-state index in [0.717, 1.165) is 6.42 Å². The highest BCUT2D eigenvalue weighted by atomic mass is 16.6. The second-order valence-corrected chi connectivity index (χ2v) is 7.12. The Morgan fingerprint density at radius 3 is 2.44 bits per heavy atom. The van der Waals surface area contributed by atoms with Gasteiger partial charge in [0.2, 0.25) is 0 Å². The van der Waals surface area contributed by atoms with E-state index >= 15 is 0 Å². The van der Waals surface area contributed by atoms with Crippen LogP contribution < -0.4 is 19.6 Å². The molecule has 3 rings (SSSR count). The minimum absolute atomic E-state index is 0.113. The van der Waals surface area contributed by atoms with Crippen LogP contribution in [0.15, 0.2) is 71.8 Å². The quantitative estimate of drug-likeness (QED) is 0.198. The van der Waals surface area contributed by atoms with Gasteiger partial charge in [0, 0.05) is 0 Å². The smallest absolute Gasteiger partial charge is 0.343 e. The molecular weight excluding hydrogens is 436 g/mol. The number of nitrogens with one attached hydrogen (secondary N) is 1. The summed E-state index contributed by atoms with van der Waals surface area (Å²) in [6.45, 7) is 4.80. The monoisotopic (exact) mass is 462 g/mol. The van der Waals surface area contributed by atoms with E-state index in [2.05, 4.69) is 10.5 Å². The van der Waals surface area contributed by atoms with Crippen molar-refractivity contribution in [3.8, 4) is 23.0 Å². The van der Waals surface area contributed by atoms with E-state index in [-0.39, 0.29) is 17.1 Å². The molecule has 34 heavy (non-hydrogen) atoms. The van der Waals surface area contributed by atoms with Crippen LogP contribution in [0.4, 0.5) is 0 Å². The minimum atomic E-state index is -0.545. The van der Waals surface area contributed by atoms with E-state index in [9.17, 15) is 14.7 Å². The van der Waals surface area contributed by atoms with Crippen molar-refractivity contribution in [1.82, 2.24) is 5.43 Å². The van der Waals surface area contributed by atoms with E-state index < -0.39 is 11.9 Å². The number of esters is 1. The van der Waals surface area contributed by atoms with Gasteiger partial charge in [-0.05, 0) is 73.5 Å². The molecule has 2 N–H and O–H groups in total. The van der Waals surface area contributed by atoms with Gasteiger partial charge in [0.15, 0.2) is 11.5 Å². The fourth-order valence-electron chi connectivity index (χ4n) is 2.91. The van der Waals surface area contributed by atoms with Crippen LogP contribution >= 0.6 is 0 Å². The first-order chi connectivity index (χ1) is 16.5. The molecule has 0 bridgehead atoms. The highest BCUT2D eigenvalue weighted by Crippen LogP contribution is 2.29. The topological polar surface area (TPSA) is 106 Å². The molecule has 0 spiro atoms.